The number of ether oxygens (including phenoxy) is 1. The van der Waals surface area contributed by atoms with Crippen molar-refractivity contribution in [2.45, 2.75) is 37.8 Å². The number of piperidine rings is 1. The summed E-state index contributed by atoms with van der Waals surface area (Å²) >= 11 is 11.9. The molecule has 3 rings (SSSR count). The van der Waals surface area contributed by atoms with Crippen molar-refractivity contribution in [2.24, 2.45) is 5.92 Å². The number of hydrogen-bond donors (Lipinski definition) is 2. The van der Waals surface area contributed by atoms with E-state index in [1.165, 1.54) is 25.7 Å². The Morgan fingerprint density at radius 1 is 1.11 bits per heavy atom. The monoisotopic (exact) mass is 415 g/mol. The van der Waals surface area contributed by atoms with Crippen LogP contribution in [0.4, 0.5) is 0 Å². The molecule has 0 unspecified atom stereocenters. The third-order valence-corrected chi connectivity index (χ3v) is 5.77. The molecule has 27 heavy (non-hydrogen) atoms. The smallest absolute Gasteiger partial charge is 0.328 e. The number of rotatable bonds is 5. The van der Waals surface area contributed by atoms with Gasteiger partial charge in [0.15, 0.2) is 0 Å². The molecule has 8 heteroatoms. The van der Waals surface area contributed by atoms with Crippen LogP contribution in [-0.2, 0) is 9.59 Å². The Hall–Kier alpha value is -1.76. The number of hydrogen-bond acceptors (Lipinski definition) is 4. The molecular weight excluding hydrogens is 393 g/mol. The van der Waals surface area contributed by atoms with Gasteiger partial charge in [-0.3, -0.25) is 0 Å². The fraction of sp³-hybridized carbons (Fsp3) is 0.474. The Balaban J connectivity index is 0.000000279. The Labute approximate surface area is 168 Å². The molecule has 6 nitrogen and oxygen atoms in total. The van der Waals surface area contributed by atoms with E-state index in [0.29, 0.717) is 34.2 Å². The van der Waals surface area contributed by atoms with Gasteiger partial charge in [0.2, 0.25) is 0 Å². The fourth-order valence-electron chi connectivity index (χ4n) is 3.66. The fourth-order valence-corrected chi connectivity index (χ4v) is 3.95. The molecule has 2 aliphatic heterocycles. The first-order chi connectivity index (χ1) is 12.8. The first kappa shape index (κ1) is 21.5. The number of carboxylic acid groups (broad SMARTS) is 2. The maximum atomic E-state index is 9.55. The van der Waals surface area contributed by atoms with Gasteiger partial charge in [0.05, 0.1) is 16.7 Å². The maximum Gasteiger partial charge on any atom is 0.328 e. The lowest BCUT2D eigenvalue weighted by molar-refractivity contribution is -0.134. The predicted molar refractivity (Wildman–Crippen MR) is 104 cm³/mol. The number of nitrogens with zero attached hydrogens (tertiary/aromatic N) is 1. The number of benzene rings is 1. The van der Waals surface area contributed by atoms with Gasteiger partial charge in [-0.05, 0) is 44.9 Å². The van der Waals surface area contributed by atoms with Gasteiger partial charge in [-0.15, -0.1) is 0 Å². The molecule has 0 saturated carbocycles. The van der Waals surface area contributed by atoms with Gasteiger partial charge in [-0.2, -0.15) is 0 Å². The van der Waals surface area contributed by atoms with Crippen LogP contribution in [0.25, 0.3) is 0 Å². The maximum absolute atomic E-state index is 9.55. The second-order valence-electron chi connectivity index (χ2n) is 6.70. The molecule has 2 bridgehead atoms. The van der Waals surface area contributed by atoms with Gasteiger partial charge in [0, 0.05) is 36.2 Å². The van der Waals surface area contributed by atoms with E-state index in [2.05, 4.69) is 11.9 Å². The van der Waals surface area contributed by atoms with Crippen LogP contribution >= 0.6 is 23.2 Å². The summed E-state index contributed by atoms with van der Waals surface area (Å²) in [5.74, 6) is -1.06. The molecule has 2 N–H and O–H groups in total. The third-order valence-electron chi connectivity index (χ3n) is 5.03. The third kappa shape index (κ3) is 6.41. The number of aliphatic carboxylic acids is 2. The first-order valence-corrected chi connectivity index (χ1v) is 9.47. The molecule has 2 heterocycles. The lowest BCUT2D eigenvalue weighted by Gasteiger charge is -2.37. The molecule has 1 aromatic carbocycles. The minimum absolute atomic E-state index is 0.556. The first-order valence-electron chi connectivity index (χ1n) is 8.71. The standard InChI is InChI=1S/C15H19Cl2NO.C4H4O4/c1-18-11-3-2-10(15(18)7-4-11)9-19-12-5-6-13(16)14(17)8-12;5-3(6)1-2-4(7)8/h5-6,8,10-11,15H,2-4,7,9H2,1H3;1-2H,(H,5,6)(H,7,8)/b;2-1+/t10-,11-,15+;/m1./s1. The van der Waals surface area contributed by atoms with Crippen LogP contribution in [0.15, 0.2) is 30.4 Å². The van der Waals surface area contributed by atoms with Gasteiger partial charge in [0.25, 0.3) is 0 Å². The summed E-state index contributed by atoms with van der Waals surface area (Å²) in [6, 6.07) is 6.98. The number of carboxylic acids is 2. The summed E-state index contributed by atoms with van der Waals surface area (Å²) in [4.78, 5) is 21.7. The largest absolute Gasteiger partial charge is 0.493 e. The van der Waals surface area contributed by atoms with E-state index < -0.39 is 11.9 Å². The van der Waals surface area contributed by atoms with Crippen molar-refractivity contribution < 1.29 is 24.5 Å². The van der Waals surface area contributed by atoms with Crippen LogP contribution in [0.5, 0.6) is 5.75 Å². The van der Waals surface area contributed by atoms with Gasteiger partial charge >= 0.3 is 11.9 Å². The van der Waals surface area contributed by atoms with Crippen molar-refractivity contribution in [1.29, 1.82) is 0 Å². The van der Waals surface area contributed by atoms with Gasteiger partial charge in [-0.1, -0.05) is 23.2 Å². The Kier molecular flexibility index (Phi) is 7.95. The molecule has 0 radical (unpaired) electrons. The van der Waals surface area contributed by atoms with Crippen LogP contribution in [0, 0.1) is 5.92 Å². The SMILES string of the molecule is CN1[C@@H]2CC[C@H](COc3ccc(Cl)c(Cl)c3)[C@@H]1CC2.O=C(O)/C=C/C(=O)O. The Morgan fingerprint density at radius 3 is 2.33 bits per heavy atom. The number of fused-ring (bicyclic) bond motifs is 2. The van der Waals surface area contributed by atoms with E-state index in [-0.39, 0.29) is 0 Å². The summed E-state index contributed by atoms with van der Waals surface area (Å²) in [5, 5.41) is 16.8. The van der Waals surface area contributed by atoms with Crippen LogP contribution in [0.3, 0.4) is 0 Å². The van der Waals surface area contributed by atoms with Crippen molar-refractivity contribution in [2.75, 3.05) is 13.7 Å². The van der Waals surface area contributed by atoms with Gasteiger partial charge < -0.3 is 19.8 Å². The highest BCUT2D eigenvalue weighted by atomic mass is 35.5. The lowest BCUT2D eigenvalue weighted by atomic mass is 9.91. The van der Waals surface area contributed by atoms with Crippen molar-refractivity contribution >= 4 is 35.1 Å². The van der Waals surface area contributed by atoms with E-state index in [0.717, 1.165) is 18.4 Å². The van der Waals surface area contributed by atoms with Crippen LogP contribution in [-0.4, -0.2) is 52.8 Å². The summed E-state index contributed by atoms with van der Waals surface area (Å²) < 4.78 is 5.91. The zero-order valence-electron chi connectivity index (χ0n) is 15.0. The molecule has 2 fully saturated rings. The van der Waals surface area contributed by atoms with E-state index in [4.69, 9.17) is 38.2 Å². The molecule has 2 saturated heterocycles. The molecule has 148 valence electrons. The van der Waals surface area contributed by atoms with Crippen molar-refractivity contribution in [3.05, 3.63) is 40.4 Å². The highest BCUT2D eigenvalue weighted by molar-refractivity contribution is 6.42. The molecule has 0 amide bonds. The molecule has 0 aliphatic carbocycles. The van der Waals surface area contributed by atoms with E-state index in [1.807, 2.05) is 6.07 Å². The number of carbonyl (C=O) groups is 2. The zero-order valence-corrected chi connectivity index (χ0v) is 16.5. The van der Waals surface area contributed by atoms with Crippen LogP contribution in [0.1, 0.15) is 25.7 Å². The minimum Gasteiger partial charge on any atom is -0.493 e. The van der Waals surface area contributed by atoms with Crippen molar-refractivity contribution in [1.82, 2.24) is 4.90 Å². The highest BCUT2D eigenvalue weighted by Gasteiger charge is 2.40. The molecule has 1 aromatic rings. The summed E-state index contributed by atoms with van der Waals surface area (Å²) in [6.07, 6.45) is 6.37. The molecule has 2 aliphatic rings. The molecule has 3 atom stereocenters. The van der Waals surface area contributed by atoms with Crippen molar-refractivity contribution in [3.63, 3.8) is 0 Å². The second kappa shape index (κ2) is 9.97. The summed E-state index contributed by atoms with van der Waals surface area (Å²) in [7, 11) is 2.26. The predicted octanol–water partition coefficient (Wildman–Crippen LogP) is 3.96. The summed E-state index contributed by atoms with van der Waals surface area (Å²) in [6.45, 7) is 0.777. The average Bonchev–Trinajstić information content (AvgIpc) is 2.85. The topological polar surface area (TPSA) is 87.1 Å². The Morgan fingerprint density at radius 2 is 1.74 bits per heavy atom. The Bertz CT molecular complexity index is 693. The molecule has 0 spiro atoms. The second-order valence-corrected chi connectivity index (χ2v) is 7.51. The number of halogens is 2. The van der Waals surface area contributed by atoms with E-state index in [1.54, 1.807) is 12.1 Å². The van der Waals surface area contributed by atoms with E-state index in [9.17, 15) is 9.59 Å². The van der Waals surface area contributed by atoms with Gasteiger partial charge in [-0.25, -0.2) is 9.59 Å². The molecular formula is C19H23Cl2NO5. The highest BCUT2D eigenvalue weighted by Crippen LogP contribution is 2.38. The van der Waals surface area contributed by atoms with Crippen LogP contribution in [0.2, 0.25) is 10.0 Å². The van der Waals surface area contributed by atoms with Gasteiger partial charge in [0.1, 0.15) is 5.75 Å². The zero-order chi connectivity index (χ0) is 20.0. The van der Waals surface area contributed by atoms with Crippen LogP contribution < -0.4 is 4.74 Å². The lowest BCUT2D eigenvalue weighted by Crippen LogP contribution is -2.43. The average molecular weight is 416 g/mol. The quantitative estimate of drug-likeness (QED) is 0.707. The van der Waals surface area contributed by atoms with E-state index >= 15 is 0 Å². The minimum atomic E-state index is -1.26. The summed E-state index contributed by atoms with van der Waals surface area (Å²) in [5.41, 5.74) is 0. The van der Waals surface area contributed by atoms with Crippen molar-refractivity contribution in [3.8, 4) is 5.75 Å². The molecule has 0 aromatic heterocycles. The normalized spacial score (nSPS) is 24.3.